The number of halogens is 2. The second-order valence-corrected chi connectivity index (χ2v) is 6.01. The van der Waals surface area contributed by atoms with Gasteiger partial charge in [0.2, 0.25) is 0 Å². The number of morpholine rings is 1. The molecule has 0 aliphatic carbocycles. The Kier molecular flexibility index (Phi) is 5.06. The summed E-state index contributed by atoms with van der Waals surface area (Å²) in [5.41, 5.74) is 2.07. The first-order valence-electron chi connectivity index (χ1n) is 7.33. The van der Waals surface area contributed by atoms with E-state index in [1.807, 2.05) is 12.1 Å². The van der Waals surface area contributed by atoms with Crippen molar-refractivity contribution < 1.29 is 9.53 Å². The lowest BCUT2D eigenvalue weighted by Crippen LogP contribution is -2.36. The highest BCUT2D eigenvalue weighted by Gasteiger charge is 2.14. The molecule has 0 unspecified atom stereocenters. The number of amides is 1. The molecule has 1 heterocycles. The van der Waals surface area contributed by atoms with Crippen molar-refractivity contribution in [2.24, 2.45) is 0 Å². The van der Waals surface area contributed by atoms with Crippen LogP contribution in [0.2, 0.25) is 10.0 Å². The van der Waals surface area contributed by atoms with Crippen LogP contribution >= 0.6 is 23.2 Å². The Labute approximate surface area is 144 Å². The molecular weight excluding hydrogens is 335 g/mol. The maximum atomic E-state index is 12.3. The minimum Gasteiger partial charge on any atom is -0.378 e. The zero-order valence-corrected chi connectivity index (χ0v) is 13.9. The van der Waals surface area contributed by atoms with Crippen LogP contribution in [-0.4, -0.2) is 32.2 Å². The molecule has 1 fully saturated rings. The summed E-state index contributed by atoms with van der Waals surface area (Å²) in [5, 5.41) is 3.58. The van der Waals surface area contributed by atoms with Crippen molar-refractivity contribution in [2.45, 2.75) is 0 Å². The second-order valence-electron chi connectivity index (χ2n) is 5.20. The number of carbonyl (C=O) groups is 1. The van der Waals surface area contributed by atoms with Gasteiger partial charge in [-0.3, -0.25) is 4.79 Å². The third kappa shape index (κ3) is 3.78. The number of nitrogens with one attached hydrogen (secondary N) is 1. The number of carbonyl (C=O) groups excluding carboxylic acids is 1. The Morgan fingerprint density at radius 2 is 1.61 bits per heavy atom. The van der Waals surface area contributed by atoms with Crippen LogP contribution in [0.3, 0.4) is 0 Å². The number of nitrogens with zero attached hydrogens (tertiary/aromatic N) is 1. The molecular formula is C17H16Cl2N2O2. The van der Waals surface area contributed by atoms with E-state index in [9.17, 15) is 4.79 Å². The fourth-order valence-electron chi connectivity index (χ4n) is 2.45. The molecule has 0 bridgehead atoms. The lowest BCUT2D eigenvalue weighted by atomic mass is 10.1. The lowest BCUT2D eigenvalue weighted by Gasteiger charge is -2.28. The molecule has 3 rings (SSSR count). The summed E-state index contributed by atoms with van der Waals surface area (Å²) in [5.74, 6) is -0.242. The van der Waals surface area contributed by atoms with Gasteiger partial charge in [0.15, 0.2) is 0 Å². The summed E-state index contributed by atoms with van der Waals surface area (Å²) >= 11 is 12.1. The highest BCUT2D eigenvalue weighted by molar-refractivity contribution is 6.40. The van der Waals surface area contributed by atoms with Crippen LogP contribution in [0.25, 0.3) is 0 Å². The van der Waals surface area contributed by atoms with Gasteiger partial charge in [0.25, 0.3) is 5.91 Å². The first-order chi connectivity index (χ1) is 11.1. The quantitative estimate of drug-likeness (QED) is 0.906. The average Bonchev–Trinajstić information content (AvgIpc) is 2.59. The lowest BCUT2D eigenvalue weighted by molar-refractivity contribution is 0.102. The van der Waals surface area contributed by atoms with E-state index in [1.165, 1.54) is 0 Å². The predicted octanol–water partition coefficient (Wildman–Crippen LogP) is 4.08. The van der Waals surface area contributed by atoms with Gasteiger partial charge >= 0.3 is 0 Å². The molecule has 1 aliphatic rings. The van der Waals surface area contributed by atoms with Crippen molar-refractivity contribution >= 4 is 40.5 Å². The summed E-state index contributed by atoms with van der Waals surface area (Å²) in [6.45, 7) is 3.18. The maximum absolute atomic E-state index is 12.3. The number of rotatable bonds is 3. The summed E-state index contributed by atoms with van der Waals surface area (Å²) in [7, 11) is 0. The summed E-state index contributed by atoms with van der Waals surface area (Å²) in [4.78, 5) is 14.6. The van der Waals surface area contributed by atoms with Gasteiger partial charge in [0, 0.05) is 24.3 Å². The minimum atomic E-state index is -0.242. The zero-order valence-electron chi connectivity index (χ0n) is 12.4. The molecule has 2 aromatic rings. The summed E-state index contributed by atoms with van der Waals surface area (Å²) in [6, 6.07) is 12.6. The molecule has 1 N–H and O–H groups in total. The standard InChI is InChI=1S/C17H16Cl2N2O2/c18-14-2-1-3-15(19)16(14)20-17(22)12-4-6-13(7-5-12)21-8-10-23-11-9-21/h1-7H,8-11H2,(H,20,22). The molecule has 0 aromatic heterocycles. The number of hydrogen-bond acceptors (Lipinski definition) is 3. The van der Waals surface area contributed by atoms with Crippen LogP contribution in [0.5, 0.6) is 0 Å². The van der Waals surface area contributed by atoms with Gasteiger partial charge in [0.05, 0.1) is 28.9 Å². The highest BCUT2D eigenvalue weighted by Crippen LogP contribution is 2.30. The van der Waals surface area contributed by atoms with Gasteiger partial charge in [0.1, 0.15) is 0 Å². The van der Waals surface area contributed by atoms with E-state index in [0.29, 0.717) is 21.3 Å². The second kappa shape index (κ2) is 7.21. The molecule has 0 saturated carbocycles. The summed E-state index contributed by atoms with van der Waals surface area (Å²) in [6.07, 6.45) is 0. The third-order valence-electron chi connectivity index (χ3n) is 3.71. The number of ether oxygens (including phenoxy) is 1. The van der Waals surface area contributed by atoms with E-state index in [2.05, 4.69) is 10.2 Å². The molecule has 6 heteroatoms. The Morgan fingerprint density at radius 3 is 2.22 bits per heavy atom. The van der Waals surface area contributed by atoms with Gasteiger partial charge in [-0.05, 0) is 36.4 Å². The maximum Gasteiger partial charge on any atom is 0.255 e. The molecule has 1 saturated heterocycles. The van der Waals surface area contributed by atoms with Gasteiger partial charge < -0.3 is 15.0 Å². The number of hydrogen-bond donors (Lipinski definition) is 1. The first-order valence-corrected chi connectivity index (χ1v) is 8.09. The van der Waals surface area contributed by atoms with Crippen molar-refractivity contribution in [3.05, 3.63) is 58.1 Å². The third-order valence-corrected chi connectivity index (χ3v) is 4.34. The van der Waals surface area contributed by atoms with Crippen molar-refractivity contribution in [3.63, 3.8) is 0 Å². The molecule has 2 aromatic carbocycles. The smallest absolute Gasteiger partial charge is 0.255 e. The van der Waals surface area contributed by atoms with Crippen LogP contribution in [-0.2, 0) is 4.74 Å². The van der Waals surface area contributed by atoms with E-state index in [1.54, 1.807) is 30.3 Å². The SMILES string of the molecule is O=C(Nc1c(Cl)cccc1Cl)c1ccc(N2CCOCC2)cc1. The molecule has 4 nitrogen and oxygen atoms in total. The van der Waals surface area contributed by atoms with E-state index < -0.39 is 0 Å². The van der Waals surface area contributed by atoms with Gasteiger partial charge in [-0.15, -0.1) is 0 Å². The average molecular weight is 351 g/mol. The first kappa shape index (κ1) is 16.1. The Balaban J connectivity index is 1.72. The molecule has 23 heavy (non-hydrogen) atoms. The van der Waals surface area contributed by atoms with Crippen LogP contribution in [0, 0.1) is 0 Å². The molecule has 120 valence electrons. The largest absolute Gasteiger partial charge is 0.378 e. The number of para-hydroxylation sites is 1. The normalized spacial score (nSPS) is 14.6. The number of benzene rings is 2. The van der Waals surface area contributed by atoms with E-state index in [0.717, 1.165) is 32.0 Å². The monoisotopic (exact) mass is 350 g/mol. The van der Waals surface area contributed by atoms with Crippen molar-refractivity contribution in [1.29, 1.82) is 0 Å². The predicted molar refractivity (Wildman–Crippen MR) is 93.9 cm³/mol. The minimum absolute atomic E-state index is 0.242. The van der Waals surface area contributed by atoms with E-state index in [4.69, 9.17) is 27.9 Å². The molecule has 0 spiro atoms. The van der Waals surface area contributed by atoms with Crippen molar-refractivity contribution in [3.8, 4) is 0 Å². The van der Waals surface area contributed by atoms with Crippen molar-refractivity contribution in [1.82, 2.24) is 0 Å². The van der Waals surface area contributed by atoms with Gasteiger partial charge in [-0.25, -0.2) is 0 Å². The van der Waals surface area contributed by atoms with Gasteiger partial charge in [-0.1, -0.05) is 29.3 Å². The fraction of sp³-hybridized carbons (Fsp3) is 0.235. The van der Waals surface area contributed by atoms with Gasteiger partial charge in [-0.2, -0.15) is 0 Å². The van der Waals surface area contributed by atoms with Crippen LogP contribution in [0.1, 0.15) is 10.4 Å². The Morgan fingerprint density at radius 1 is 1.00 bits per heavy atom. The molecule has 1 amide bonds. The zero-order chi connectivity index (χ0) is 16.2. The number of anilines is 2. The molecule has 1 aliphatic heterocycles. The van der Waals surface area contributed by atoms with E-state index >= 15 is 0 Å². The van der Waals surface area contributed by atoms with E-state index in [-0.39, 0.29) is 5.91 Å². The summed E-state index contributed by atoms with van der Waals surface area (Å²) < 4.78 is 5.34. The van der Waals surface area contributed by atoms with Crippen LogP contribution in [0.15, 0.2) is 42.5 Å². The topological polar surface area (TPSA) is 41.6 Å². The molecule has 0 atom stereocenters. The Hall–Kier alpha value is -1.75. The van der Waals surface area contributed by atoms with Crippen molar-refractivity contribution in [2.75, 3.05) is 36.5 Å². The van der Waals surface area contributed by atoms with Crippen LogP contribution < -0.4 is 10.2 Å². The fourth-order valence-corrected chi connectivity index (χ4v) is 2.94. The molecule has 0 radical (unpaired) electrons. The Bertz CT molecular complexity index is 678. The van der Waals surface area contributed by atoms with Crippen LogP contribution in [0.4, 0.5) is 11.4 Å². The highest BCUT2D eigenvalue weighted by atomic mass is 35.5.